The molecule has 0 aliphatic carbocycles. The van der Waals surface area contributed by atoms with Gasteiger partial charge in [0.15, 0.2) is 0 Å². The first-order chi connectivity index (χ1) is 11.3. The van der Waals surface area contributed by atoms with E-state index in [1.165, 1.54) is 5.56 Å². The van der Waals surface area contributed by atoms with Crippen molar-refractivity contribution in [1.29, 1.82) is 0 Å². The first kappa shape index (κ1) is 19.4. The van der Waals surface area contributed by atoms with Crippen LogP contribution in [-0.4, -0.2) is 63.1 Å². The molecule has 1 saturated heterocycles. The molecule has 6 heteroatoms. The molecule has 1 fully saturated rings. The van der Waals surface area contributed by atoms with Gasteiger partial charge in [-0.05, 0) is 51.1 Å². The largest absolute Gasteiger partial charge is 0.396 e. The maximum absolute atomic E-state index is 12.8. The number of nitrogens with zero attached hydrogens (tertiary/aromatic N) is 2. The maximum Gasteiger partial charge on any atom is 0.243 e. The molecule has 1 aliphatic rings. The Morgan fingerprint density at radius 2 is 1.75 bits per heavy atom. The second-order valence-electron chi connectivity index (χ2n) is 7.19. The molecule has 2 rings (SSSR count). The van der Waals surface area contributed by atoms with Gasteiger partial charge in [-0.2, -0.15) is 4.31 Å². The van der Waals surface area contributed by atoms with Gasteiger partial charge in [-0.1, -0.05) is 25.5 Å². The Bertz CT molecular complexity index is 618. The molecule has 24 heavy (non-hydrogen) atoms. The van der Waals surface area contributed by atoms with Crippen LogP contribution in [0.15, 0.2) is 29.2 Å². The summed E-state index contributed by atoms with van der Waals surface area (Å²) in [4.78, 5) is 2.43. The van der Waals surface area contributed by atoms with Crippen LogP contribution in [0.25, 0.3) is 0 Å². The van der Waals surface area contributed by atoms with Gasteiger partial charge in [0, 0.05) is 25.0 Å². The van der Waals surface area contributed by atoms with Crippen LogP contribution in [-0.2, 0) is 16.4 Å². The van der Waals surface area contributed by atoms with Crippen LogP contribution in [0.4, 0.5) is 0 Å². The quantitative estimate of drug-likeness (QED) is 0.813. The Hall–Kier alpha value is -0.950. The number of hydrogen-bond acceptors (Lipinski definition) is 4. The summed E-state index contributed by atoms with van der Waals surface area (Å²) in [6.07, 6.45) is 3.39. The van der Waals surface area contributed by atoms with E-state index in [0.717, 1.165) is 19.4 Å². The van der Waals surface area contributed by atoms with E-state index in [0.29, 0.717) is 30.8 Å². The normalized spacial score (nSPS) is 18.9. The van der Waals surface area contributed by atoms with Gasteiger partial charge >= 0.3 is 0 Å². The minimum atomic E-state index is -3.44. The van der Waals surface area contributed by atoms with Crippen LogP contribution in [0.2, 0.25) is 0 Å². The topological polar surface area (TPSA) is 60.9 Å². The molecule has 5 nitrogen and oxygen atoms in total. The predicted octanol–water partition coefficient (Wildman–Crippen LogP) is 1.96. The SMILES string of the molecule is CCCc1ccc(S(=O)(=O)N2CCC(CO)(CN(C)C)CC2)cc1. The number of aliphatic hydroxyl groups excluding tert-OH is 1. The van der Waals surface area contributed by atoms with Gasteiger partial charge in [-0.15, -0.1) is 0 Å². The third-order valence-electron chi connectivity index (χ3n) is 4.87. The smallest absolute Gasteiger partial charge is 0.243 e. The number of aryl methyl sites for hydroxylation is 1. The predicted molar refractivity (Wildman–Crippen MR) is 96.5 cm³/mol. The van der Waals surface area contributed by atoms with Crippen molar-refractivity contribution >= 4 is 10.0 Å². The highest BCUT2D eigenvalue weighted by Crippen LogP contribution is 2.33. The highest BCUT2D eigenvalue weighted by Gasteiger charge is 2.38. The molecule has 136 valence electrons. The van der Waals surface area contributed by atoms with Gasteiger partial charge in [0.25, 0.3) is 0 Å². The number of piperidine rings is 1. The molecule has 1 aliphatic heterocycles. The summed E-state index contributed by atoms with van der Waals surface area (Å²) < 4.78 is 27.2. The van der Waals surface area contributed by atoms with Crippen molar-refractivity contribution < 1.29 is 13.5 Å². The Balaban J connectivity index is 2.09. The van der Waals surface area contributed by atoms with Crippen LogP contribution in [0, 0.1) is 5.41 Å². The van der Waals surface area contributed by atoms with Crippen LogP contribution in [0.3, 0.4) is 0 Å². The molecule has 0 unspecified atom stereocenters. The lowest BCUT2D eigenvalue weighted by atomic mass is 9.79. The zero-order valence-corrected chi connectivity index (χ0v) is 15.8. The molecule has 0 aromatic heterocycles. The summed E-state index contributed by atoms with van der Waals surface area (Å²) in [6.45, 7) is 3.92. The fourth-order valence-electron chi connectivity index (χ4n) is 3.50. The van der Waals surface area contributed by atoms with Gasteiger partial charge in [-0.25, -0.2) is 8.42 Å². The van der Waals surface area contributed by atoms with Crippen LogP contribution < -0.4 is 0 Å². The number of benzene rings is 1. The fourth-order valence-corrected chi connectivity index (χ4v) is 4.95. The fraction of sp³-hybridized carbons (Fsp3) is 0.667. The van der Waals surface area contributed by atoms with Crippen LogP contribution in [0.5, 0.6) is 0 Å². The summed E-state index contributed by atoms with van der Waals surface area (Å²) in [5, 5.41) is 9.78. The lowest BCUT2D eigenvalue weighted by Gasteiger charge is -2.41. The third kappa shape index (κ3) is 4.36. The number of hydrogen-bond donors (Lipinski definition) is 1. The number of sulfonamides is 1. The van der Waals surface area contributed by atoms with E-state index in [-0.39, 0.29) is 12.0 Å². The number of aliphatic hydroxyl groups is 1. The van der Waals surface area contributed by atoms with E-state index >= 15 is 0 Å². The minimum Gasteiger partial charge on any atom is -0.396 e. The highest BCUT2D eigenvalue weighted by molar-refractivity contribution is 7.89. The van der Waals surface area contributed by atoms with E-state index in [2.05, 4.69) is 11.8 Å². The van der Waals surface area contributed by atoms with Crippen molar-refractivity contribution in [2.45, 2.75) is 37.5 Å². The zero-order chi connectivity index (χ0) is 17.8. The molecule has 0 spiro atoms. The molecule has 1 heterocycles. The van der Waals surface area contributed by atoms with Gasteiger partial charge in [0.2, 0.25) is 10.0 Å². The van der Waals surface area contributed by atoms with Gasteiger partial charge < -0.3 is 10.0 Å². The van der Waals surface area contributed by atoms with E-state index in [1.54, 1.807) is 16.4 Å². The van der Waals surface area contributed by atoms with Gasteiger partial charge in [0.1, 0.15) is 0 Å². The second-order valence-corrected chi connectivity index (χ2v) is 9.13. The van der Waals surface area contributed by atoms with E-state index in [1.807, 2.05) is 26.2 Å². The third-order valence-corrected chi connectivity index (χ3v) is 6.78. The van der Waals surface area contributed by atoms with Crippen molar-refractivity contribution in [3.8, 4) is 0 Å². The van der Waals surface area contributed by atoms with Crippen molar-refractivity contribution in [3.05, 3.63) is 29.8 Å². The first-order valence-electron chi connectivity index (χ1n) is 8.68. The van der Waals surface area contributed by atoms with Crippen molar-refractivity contribution in [2.75, 3.05) is 40.3 Å². The first-order valence-corrected chi connectivity index (χ1v) is 10.1. The molecular formula is C18H30N2O3S. The summed E-state index contributed by atoms with van der Waals surface area (Å²) >= 11 is 0. The zero-order valence-electron chi connectivity index (χ0n) is 15.0. The van der Waals surface area contributed by atoms with E-state index < -0.39 is 10.0 Å². The van der Waals surface area contributed by atoms with Crippen molar-refractivity contribution in [3.63, 3.8) is 0 Å². The average Bonchev–Trinajstić information content (AvgIpc) is 2.55. The summed E-state index contributed by atoms with van der Waals surface area (Å²) in [7, 11) is 0.526. The van der Waals surface area contributed by atoms with Crippen molar-refractivity contribution in [2.24, 2.45) is 5.41 Å². The molecule has 0 bridgehead atoms. The number of rotatable bonds is 7. The molecule has 0 saturated carbocycles. The van der Waals surface area contributed by atoms with Crippen LogP contribution in [0.1, 0.15) is 31.7 Å². The maximum atomic E-state index is 12.8. The molecule has 1 N–H and O–H groups in total. The minimum absolute atomic E-state index is 0.102. The molecule has 0 radical (unpaired) electrons. The van der Waals surface area contributed by atoms with Crippen molar-refractivity contribution in [1.82, 2.24) is 9.21 Å². The lowest BCUT2D eigenvalue weighted by Crippen LogP contribution is -2.48. The Morgan fingerprint density at radius 3 is 2.21 bits per heavy atom. The van der Waals surface area contributed by atoms with E-state index in [9.17, 15) is 13.5 Å². The average molecular weight is 355 g/mol. The molecule has 1 aromatic rings. The highest BCUT2D eigenvalue weighted by atomic mass is 32.2. The second kappa shape index (κ2) is 7.95. The Kier molecular flexibility index (Phi) is 6.42. The Morgan fingerprint density at radius 1 is 1.17 bits per heavy atom. The van der Waals surface area contributed by atoms with Crippen LogP contribution >= 0.6 is 0 Å². The monoisotopic (exact) mass is 354 g/mol. The summed E-state index contributed by atoms with van der Waals surface area (Å²) in [6, 6.07) is 7.25. The lowest BCUT2D eigenvalue weighted by molar-refractivity contribution is 0.0442. The Labute approximate surface area is 146 Å². The van der Waals surface area contributed by atoms with Gasteiger partial charge in [-0.3, -0.25) is 0 Å². The summed E-state index contributed by atoms with van der Waals surface area (Å²) in [5.74, 6) is 0. The molecule has 1 aromatic carbocycles. The van der Waals surface area contributed by atoms with Gasteiger partial charge in [0.05, 0.1) is 11.5 Å². The molecule has 0 atom stereocenters. The molecular weight excluding hydrogens is 324 g/mol. The van der Waals surface area contributed by atoms with E-state index in [4.69, 9.17) is 0 Å². The standard InChI is InChI=1S/C18H30N2O3S/c1-4-5-16-6-8-17(9-7-16)24(22,23)20-12-10-18(15-21,11-13-20)14-19(2)3/h6-9,21H,4-5,10-15H2,1-3H3. The summed E-state index contributed by atoms with van der Waals surface area (Å²) in [5.41, 5.74) is 0.973. The molecule has 0 amide bonds.